The van der Waals surface area contributed by atoms with Gasteiger partial charge in [-0.1, -0.05) is 42.1 Å². The Kier molecular flexibility index (Phi) is 4.58. The fourth-order valence-electron chi connectivity index (χ4n) is 1.01. The number of hydrogen-bond acceptors (Lipinski definition) is 2. The van der Waals surface area contributed by atoms with Gasteiger partial charge in [-0.3, -0.25) is 0 Å². The van der Waals surface area contributed by atoms with Crippen molar-refractivity contribution in [3.63, 3.8) is 0 Å². The molecule has 1 nitrogen and oxygen atoms in total. The lowest BCUT2D eigenvalue weighted by molar-refractivity contribution is -0.0885. The molecule has 1 aromatic carbocycles. The standard InChI is InChI=1S/C11H7F4NS/c12-10(9(6-16)11(13,14)15)17-7-8-4-2-1-3-5-8/h1-5H,7H2. The lowest BCUT2D eigenvalue weighted by Gasteiger charge is -2.05. The van der Waals surface area contributed by atoms with Gasteiger partial charge in [-0.15, -0.1) is 0 Å². The molecule has 0 aliphatic carbocycles. The van der Waals surface area contributed by atoms with Gasteiger partial charge in [-0.2, -0.15) is 22.8 Å². The normalized spacial score (nSPS) is 12.9. The fraction of sp³-hybridized carbons (Fsp3) is 0.182. The first-order chi connectivity index (χ1) is 7.95. The van der Waals surface area contributed by atoms with Gasteiger partial charge in [0, 0.05) is 5.75 Å². The first kappa shape index (κ1) is 13.6. The molecule has 0 radical (unpaired) electrons. The third-order valence-electron chi connectivity index (χ3n) is 1.80. The molecule has 90 valence electrons. The van der Waals surface area contributed by atoms with Gasteiger partial charge in [0.1, 0.15) is 6.07 Å². The minimum atomic E-state index is -4.94. The zero-order chi connectivity index (χ0) is 12.9. The van der Waals surface area contributed by atoms with Crippen LogP contribution in [0.5, 0.6) is 0 Å². The van der Waals surface area contributed by atoms with Crippen molar-refractivity contribution in [2.24, 2.45) is 0 Å². The van der Waals surface area contributed by atoms with Gasteiger partial charge in [0.05, 0.1) is 0 Å². The van der Waals surface area contributed by atoms with Crippen LogP contribution < -0.4 is 0 Å². The number of benzene rings is 1. The van der Waals surface area contributed by atoms with Crippen molar-refractivity contribution in [1.29, 1.82) is 5.26 Å². The van der Waals surface area contributed by atoms with Crippen LogP contribution in [0.2, 0.25) is 0 Å². The van der Waals surface area contributed by atoms with Crippen molar-refractivity contribution < 1.29 is 17.6 Å². The topological polar surface area (TPSA) is 23.8 Å². The molecule has 0 amide bonds. The molecule has 0 aliphatic heterocycles. The van der Waals surface area contributed by atoms with Crippen LogP contribution in [0, 0.1) is 11.3 Å². The molecule has 1 rings (SSSR count). The van der Waals surface area contributed by atoms with Gasteiger partial charge in [-0.25, -0.2) is 0 Å². The summed E-state index contributed by atoms with van der Waals surface area (Å²) in [6.45, 7) is 0. The summed E-state index contributed by atoms with van der Waals surface area (Å²) in [5.74, 6) is 0.0495. The molecule has 17 heavy (non-hydrogen) atoms. The fourth-order valence-corrected chi connectivity index (χ4v) is 1.80. The number of thioether (sulfide) groups is 1. The number of allylic oxidation sites excluding steroid dienone is 1. The van der Waals surface area contributed by atoms with Gasteiger partial charge in [-0.05, 0) is 5.56 Å². The van der Waals surface area contributed by atoms with E-state index in [-0.39, 0.29) is 5.75 Å². The van der Waals surface area contributed by atoms with Crippen LogP contribution in [-0.4, -0.2) is 6.18 Å². The second-order valence-corrected chi connectivity index (χ2v) is 3.97. The van der Waals surface area contributed by atoms with E-state index in [2.05, 4.69) is 0 Å². The van der Waals surface area contributed by atoms with Crippen molar-refractivity contribution in [2.45, 2.75) is 11.9 Å². The van der Waals surface area contributed by atoms with E-state index in [1.165, 1.54) is 0 Å². The van der Waals surface area contributed by atoms with E-state index in [1.807, 2.05) is 0 Å². The van der Waals surface area contributed by atoms with Crippen molar-refractivity contribution >= 4 is 11.8 Å². The molecule has 0 aliphatic rings. The minimum absolute atomic E-state index is 0.0495. The highest BCUT2D eigenvalue weighted by Gasteiger charge is 2.37. The Morgan fingerprint density at radius 3 is 2.29 bits per heavy atom. The lowest BCUT2D eigenvalue weighted by atomic mass is 10.2. The number of alkyl halides is 3. The van der Waals surface area contributed by atoms with E-state index < -0.39 is 16.9 Å². The average molecular weight is 261 g/mol. The smallest absolute Gasteiger partial charge is 0.198 e. The van der Waals surface area contributed by atoms with Crippen LogP contribution in [0.25, 0.3) is 0 Å². The second kappa shape index (κ2) is 5.73. The molecule has 6 heteroatoms. The molecule has 0 N–H and O–H groups in total. The van der Waals surface area contributed by atoms with Crippen molar-refractivity contribution in [1.82, 2.24) is 0 Å². The second-order valence-electron chi connectivity index (χ2n) is 3.03. The monoisotopic (exact) mass is 261 g/mol. The lowest BCUT2D eigenvalue weighted by Crippen LogP contribution is -2.11. The molecule has 0 spiro atoms. The van der Waals surface area contributed by atoms with Crippen molar-refractivity contribution in [2.75, 3.05) is 0 Å². The predicted molar refractivity (Wildman–Crippen MR) is 57.5 cm³/mol. The Hall–Kier alpha value is -1.48. The Morgan fingerprint density at radius 1 is 1.24 bits per heavy atom. The zero-order valence-electron chi connectivity index (χ0n) is 8.46. The number of halogens is 4. The van der Waals surface area contributed by atoms with Crippen LogP contribution in [-0.2, 0) is 5.75 Å². The third kappa shape index (κ3) is 4.11. The SMILES string of the molecule is N#CC(=C(F)SCc1ccccc1)C(F)(F)F. The summed E-state index contributed by atoms with van der Waals surface area (Å²) in [6.07, 6.45) is -4.94. The maximum Gasteiger partial charge on any atom is 0.429 e. The molecular formula is C11H7F4NS. The van der Waals surface area contributed by atoms with Gasteiger partial charge in [0.25, 0.3) is 0 Å². The largest absolute Gasteiger partial charge is 0.429 e. The van der Waals surface area contributed by atoms with Gasteiger partial charge in [0.15, 0.2) is 10.7 Å². The summed E-state index contributed by atoms with van der Waals surface area (Å²) >= 11 is 0.360. The summed E-state index contributed by atoms with van der Waals surface area (Å²) < 4.78 is 49.6. The van der Waals surface area contributed by atoms with Gasteiger partial charge in [0.2, 0.25) is 0 Å². The number of hydrogen-bond donors (Lipinski definition) is 0. The molecule has 0 fully saturated rings. The predicted octanol–water partition coefficient (Wildman–Crippen LogP) is 4.19. The van der Waals surface area contributed by atoms with Crippen LogP contribution >= 0.6 is 11.8 Å². The molecule has 0 atom stereocenters. The van der Waals surface area contributed by atoms with Gasteiger partial charge < -0.3 is 0 Å². The van der Waals surface area contributed by atoms with Crippen molar-refractivity contribution in [3.8, 4) is 6.07 Å². The molecule has 0 aromatic heterocycles. The number of nitriles is 1. The molecule has 0 unspecified atom stereocenters. The van der Waals surface area contributed by atoms with Crippen LogP contribution in [0.1, 0.15) is 5.56 Å². The maximum atomic E-state index is 13.1. The average Bonchev–Trinajstić information content (AvgIpc) is 2.27. The molecule has 0 saturated carbocycles. The summed E-state index contributed by atoms with van der Waals surface area (Å²) in [6, 6.07) is 9.32. The van der Waals surface area contributed by atoms with E-state index in [0.717, 1.165) is 6.07 Å². The van der Waals surface area contributed by atoms with E-state index in [4.69, 9.17) is 5.26 Å². The van der Waals surface area contributed by atoms with E-state index in [0.29, 0.717) is 17.3 Å². The zero-order valence-corrected chi connectivity index (χ0v) is 9.28. The first-order valence-electron chi connectivity index (χ1n) is 4.49. The number of rotatable bonds is 3. The van der Waals surface area contributed by atoms with Crippen LogP contribution in [0.3, 0.4) is 0 Å². The van der Waals surface area contributed by atoms with Crippen molar-refractivity contribution in [3.05, 3.63) is 46.6 Å². The Bertz CT molecular complexity index is 445. The molecule has 0 bridgehead atoms. The van der Waals surface area contributed by atoms with Crippen LogP contribution in [0.4, 0.5) is 17.6 Å². The van der Waals surface area contributed by atoms with E-state index in [1.54, 1.807) is 30.3 Å². The van der Waals surface area contributed by atoms with E-state index in [9.17, 15) is 17.6 Å². The summed E-state index contributed by atoms with van der Waals surface area (Å²) in [5, 5.41) is 6.75. The Morgan fingerprint density at radius 2 is 1.82 bits per heavy atom. The minimum Gasteiger partial charge on any atom is -0.198 e. The summed E-state index contributed by atoms with van der Waals surface area (Å²) in [4.78, 5) is 0. The third-order valence-corrected chi connectivity index (χ3v) is 2.74. The highest BCUT2D eigenvalue weighted by molar-refractivity contribution is 8.02. The first-order valence-corrected chi connectivity index (χ1v) is 5.47. The molecule has 1 aromatic rings. The summed E-state index contributed by atoms with van der Waals surface area (Å²) in [7, 11) is 0. The quantitative estimate of drug-likeness (QED) is 0.601. The highest BCUT2D eigenvalue weighted by Crippen LogP contribution is 2.34. The Labute approximate surface area is 99.7 Å². The Balaban J connectivity index is 2.75. The van der Waals surface area contributed by atoms with Crippen LogP contribution in [0.15, 0.2) is 41.1 Å². The number of nitrogens with zero attached hydrogens (tertiary/aromatic N) is 1. The molecule has 0 heterocycles. The highest BCUT2D eigenvalue weighted by atomic mass is 32.2. The van der Waals surface area contributed by atoms with Gasteiger partial charge >= 0.3 is 6.18 Å². The molecular weight excluding hydrogens is 254 g/mol. The maximum absolute atomic E-state index is 13.1. The summed E-state index contributed by atoms with van der Waals surface area (Å²) in [5.41, 5.74) is -1.09. The molecule has 0 saturated heterocycles. The van der Waals surface area contributed by atoms with E-state index >= 15 is 0 Å².